The molecule has 0 unspecified atom stereocenters. The van der Waals surface area contributed by atoms with Crippen LogP contribution >= 0.6 is 0 Å². The van der Waals surface area contributed by atoms with Gasteiger partial charge in [-0.05, 0) is 18.6 Å². The lowest BCUT2D eigenvalue weighted by molar-refractivity contribution is 0.392. The van der Waals surface area contributed by atoms with Crippen molar-refractivity contribution in [3.05, 3.63) is 77.3 Å². The van der Waals surface area contributed by atoms with Gasteiger partial charge in [0.1, 0.15) is 23.5 Å². The summed E-state index contributed by atoms with van der Waals surface area (Å²) in [6.07, 6.45) is 3.20. The van der Waals surface area contributed by atoms with E-state index in [1.54, 1.807) is 42.1 Å². The van der Waals surface area contributed by atoms with Gasteiger partial charge >= 0.3 is 0 Å². The molecule has 10 nitrogen and oxygen atoms in total. The zero-order chi connectivity index (χ0) is 24.6. The van der Waals surface area contributed by atoms with Crippen molar-refractivity contribution in [2.75, 3.05) is 18.6 Å². The number of methoxy groups -OCH3 is 1. The van der Waals surface area contributed by atoms with Crippen LogP contribution in [-0.2, 0) is 19.5 Å². The second kappa shape index (κ2) is 8.87. The summed E-state index contributed by atoms with van der Waals surface area (Å²) in [6.45, 7) is 1.08. The fourth-order valence-corrected chi connectivity index (χ4v) is 4.33. The van der Waals surface area contributed by atoms with Gasteiger partial charge in [-0.3, -0.25) is 9.78 Å². The van der Waals surface area contributed by atoms with Crippen LogP contribution in [0.3, 0.4) is 0 Å². The Labute approximate surface area is 203 Å². The highest BCUT2D eigenvalue weighted by atomic mass is 19.1. The van der Waals surface area contributed by atoms with E-state index in [1.165, 1.54) is 12.3 Å². The highest BCUT2D eigenvalue weighted by molar-refractivity contribution is 5.63. The standard InChI is InChI=1S/C24H20F2N8O2/c1-35-24-15-6-8-33(13-20(15)29-30-24)23-17(26)11-27-22(28-23)19-10-21(18-7-9-36-32-18)34(31-19)12-14-4-2-3-5-16(14)25/h2-5,7,9-11H,6,8,12-13H2,1H3,(H,29,30). The third-order valence-electron chi connectivity index (χ3n) is 6.10. The van der Waals surface area contributed by atoms with Gasteiger partial charge in [-0.15, -0.1) is 5.10 Å². The van der Waals surface area contributed by atoms with Crippen LogP contribution in [0.15, 0.2) is 53.4 Å². The number of hydrogen-bond donors (Lipinski definition) is 1. The number of nitrogens with zero attached hydrogens (tertiary/aromatic N) is 7. The van der Waals surface area contributed by atoms with E-state index >= 15 is 0 Å². The smallest absolute Gasteiger partial charge is 0.235 e. The Morgan fingerprint density at radius 1 is 1.14 bits per heavy atom. The summed E-state index contributed by atoms with van der Waals surface area (Å²) in [6, 6.07) is 9.87. The molecule has 5 aromatic rings. The summed E-state index contributed by atoms with van der Waals surface area (Å²) < 4.78 is 41.1. The van der Waals surface area contributed by atoms with Crippen LogP contribution in [0.25, 0.3) is 22.9 Å². The zero-order valence-corrected chi connectivity index (χ0v) is 19.2. The van der Waals surface area contributed by atoms with Crippen LogP contribution in [0.2, 0.25) is 0 Å². The van der Waals surface area contributed by atoms with Gasteiger partial charge in [-0.1, -0.05) is 23.4 Å². The van der Waals surface area contributed by atoms with Gasteiger partial charge in [-0.25, -0.2) is 18.7 Å². The van der Waals surface area contributed by atoms with E-state index in [-0.39, 0.29) is 24.0 Å². The molecule has 1 N–H and O–H groups in total. The molecule has 1 aromatic carbocycles. The van der Waals surface area contributed by atoms with Crippen LogP contribution < -0.4 is 9.64 Å². The number of hydrogen-bond acceptors (Lipinski definition) is 8. The number of fused-ring (bicyclic) bond motifs is 1. The first-order chi connectivity index (χ1) is 17.6. The van der Waals surface area contributed by atoms with E-state index in [9.17, 15) is 8.78 Å². The van der Waals surface area contributed by atoms with Gasteiger partial charge in [0.05, 0.1) is 37.8 Å². The van der Waals surface area contributed by atoms with Crippen molar-refractivity contribution in [1.82, 2.24) is 35.1 Å². The second-order valence-electron chi connectivity index (χ2n) is 8.28. The SMILES string of the molecule is COc1n[nH]c2c1CCN(c1nc(-c3cc(-c4ccon4)n(Cc4ccccc4F)n3)ncc1F)C2. The van der Waals surface area contributed by atoms with E-state index in [2.05, 4.69) is 30.4 Å². The number of H-pyrrole nitrogens is 1. The number of halogens is 2. The Bertz CT molecular complexity index is 1530. The molecule has 0 amide bonds. The molecule has 0 atom stereocenters. The molecule has 0 bridgehead atoms. The summed E-state index contributed by atoms with van der Waals surface area (Å²) in [5, 5.41) is 15.7. The summed E-state index contributed by atoms with van der Waals surface area (Å²) in [4.78, 5) is 10.5. The van der Waals surface area contributed by atoms with Crippen molar-refractivity contribution in [1.29, 1.82) is 0 Å². The number of rotatable bonds is 6. The van der Waals surface area contributed by atoms with Gasteiger partial charge in [0, 0.05) is 23.7 Å². The van der Waals surface area contributed by atoms with Gasteiger partial charge in [0.2, 0.25) is 5.88 Å². The average molecular weight is 490 g/mol. The molecule has 0 saturated carbocycles. The van der Waals surface area contributed by atoms with Crippen molar-refractivity contribution in [3.8, 4) is 28.8 Å². The molecule has 4 aromatic heterocycles. The normalized spacial score (nSPS) is 13.1. The van der Waals surface area contributed by atoms with E-state index in [1.807, 2.05) is 4.90 Å². The average Bonchev–Trinajstić information content (AvgIpc) is 3.65. The Morgan fingerprint density at radius 3 is 2.83 bits per heavy atom. The first-order valence-corrected chi connectivity index (χ1v) is 11.2. The second-order valence-corrected chi connectivity index (χ2v) is 8.28. The monoisotopic (exact) mass is 490 g/mol. The predicted octanol–water partition coefficient (Wildman–Crippen LogP) is 3.62. The molecular weight excluding hydrogens is 470 g/mol. The van der Waals surface area contributed by atoms with Crippen LogP contribution in [0, 0.1) is 11.6 Å². The Balaban J connectivity index is 1.36. The molecule has 6 rings (SSSR count). The third-order valence-corrected chi connectivity index (χ3v) is 6.10. The lowest BCUT2D eigenvalue weighted by Gasteiger charge is -2.27. The number of nitrogens with one attached hydrogen (secondary N) is 1. The molecule has 5 heterocycles. The van der Waals surface area contributed by atoms with E-state index in [4.69, 9.17) is 9.26 Å². The molecule has 0 spiro atoms. The molecule has 0 radical (unpaired) electrons. The molecule has 182 valence electrons. The zero-order valence-electron chi connectivity index (χ0n) is 19.2. The van der Waals surface area contributed by atoms with Gasteiger partial charge < -0.3 is 14.2 Å². The third kappa shape index (κ3) is 3.85. The maximum absolute atomic E-state index is 14.9. The maximum atomic E-state index is 14.9. The fourth-order valence-electron chi connectivity index (χ4n) is 4.33. The fraction of sp³-hybridized carbons (Fsp3) is 0.208. The van der Waals surface area contributed by atoms with Gasteiger partial charge in [0.25, 0.3) is 0 Å². The maximum Gasteiger partial charge on any atom is 0.235 e. The van der Waals surface area contributed by atoms with Gasteiger partial charge in [0.15, 0.2) is 17.5 Å². The van der Waals surface area contributed by atoms with Crippen molar-refractivity contribution >= 4 is 5.82 Å². The number of aromatic nitrogens is 7. The molecule has 0 aliphatic carbocycles. The van der Waals surface area contributed by atoms with Crippen LogP contribution in [-0.4, -0.2) is 48.8 Å². The quantitative estimate of drug-likeness (QED) is 0.384. The molecule has 1 aliphatic rings. The first-order valence-electron chi connectivity index (χ1n) is 11.2. The Hall–Kier alpha value is -4.61. The lowest BCUT2D eigenvalue weighted by atomic mass is 10.1. The summed E-state index contributed by atoms with van der Waals surface area (Å²) in [5.74, 6) is 0.0496. The summed E-state index contributed by atoms with van der Waals surface area (Å²) in [7, 11) is 1.57. The van der Waals surface area contributed by atoms with E-state index in [0.717, 1.165) is 17.5 Å². The highest BCUT2D eigenvalue weighted by Crippen LogP contribution is 2.30. The molecule has 36 heavy (non-hydrogen) atoms. The molecule has 0 saturated heterocycles. The topological polar surface area (TPSA) is 111 Å². The van der Waals surface area contributed by atoms with E-state index < -0.39 is 5.82 Å². The number of aromatic amines is 1. The lowest BCUT2D eigenvalue weighted by Crippen LogP contribution is -2.32. The number of anilines is 1. The van der Waals surface area contributed by atoms with Crippen molar-refractivity contribution in [3.63, 3.8) is 0 Å². The van der Waals surface area contributed by atoms with Crippen LogP contribution in [0.1, 0.15) is 16.8 Å². The number of ether oxygens (including phenoxy) is 1. The minimum absolute atomic E-state index is 0.152. The van der Waals surface area contributed by atoms with E-state index in [0.29, 0.717) is 48.0 Å². The first kappa shape index (κ1) is 21.9. The van der Waals surface area contributed by atoms with Gasteiger partial charge in [-0.2, -0.15) is 5.10 Å². The molecular formula is C24H20F2N8O2. The molecule has 12 heteroatoms. The van der Waals surface area contributed by atoms with Crippen molar-refractivity contribution < 1.29 is 18.0 Å². The summed E-state index contributed by atoms with van der Waals surface area (Å²) in [5.41, 5.74) is 3.78. The largest absolute Gasteiger partial charge is 0.480 e. The Morgan fingerprint density at radius 2 is 2.03 bits per heavy atom. The van der Waals surface area contributed by atoms with Crippen molar-refractivity contribution in [2.45, 2.75) is 19.5 Å². The molecule has 0 fully saturated rings. The highest BCUT2D eigenvalue weighted by Gasteiger charge is 2.26. The Kier molecular flexibility index (Phi) is 5.40. The van der Waals surface area contributed by atoms with Crippen LogP contribution in [0.5, 0.6) is 5.88 Å². The molecule has 1 aliphatic heterocycles. The predicted molar refractivity (Wildman–Crippen MR) is 124 cm³/mol. The summed E-state index contributed by atoms with van der Waals surface area (Å²) >= 11 is 0. The van der Waals surface area contributed by atoms with Crippen LogP contribution in [0.4, 0.5) is 14.6 Å². The minimum atomic E-state index is -0.545. The number of benzene rings is 1. The minimum Gasteiger partial charge on any atom is -0.480 e. The van der Waals surface area contributed by atoms with Crippen molar-refractivity contribution in [2.24, 2.45) is 0 Å².